The Labute approximate surface area is 109 Å². The van der Waals surface area contributed by atoms with Gasteiger partial charge in [-0.2, -0.15) is 0 Å². The Kier molecular flexibility index (Phi) is 5.25. The zero-order valence-electron chi connectivity index (χ0n) is 10.3. The van der Waals surface area contributed by atoms with Crippen LogP contribution in [0.1, 0.15) is 12.0 Å². The summed E-state index contributed by atoms with van der Waals surface area (Å²) in [6.07, 6.45) is -0.106. The quantitative estimate of drug-likeness (QED) is 0.643. The van der Waals surface area contributed by atoms with E-state index in [1.54, 1.807) is 0 Å². The first-order valence-corrected chi connectivity index (χ1v) is 5.62. The highest BCUT2D eigenvalue weighted by atomic mass is 19.1. The van der Waals surface area contributed by atoms with Gasteiger partial charge < -0.3 is 20.8 Å². The summed E-state index contributed by atoms with van der Waals surface area (Å²) in [6.45, 7) is 1.13. The number of hydrogen-bond donors (Lipinski definition) is 4. The molecule has 0 aromatic heterocycles. The van der Waals surface area contributed by atoms with Crippen LogP contribution < -0.4 is 10.6 Å². The molecule has 2 amide bonds. The van der Waals surface area contributed by atoms with Gasteiger partial charge in [0.05, 0.1) is 0 Å². The number of amides is 2. The number of carboxylic acid groups (broad SMARTS) is 1. The SMILES string of the molecule is Cc1c(F)cccc1NC(=O)N[C@@H](CCO)C(=O)O. The number of aliphatic carboxylic acids is 1. The largest absolute Gasteiger partial charge is 0.480 e. The molecule has 0 heterocycles. The molecule has 1 atom stereocenters. The average Bonchev–Trinajstić information content (AvgIpc) is 2.34. The van der Waals surface area contributed by atoms with Gasteiger partial charge in [-0.05, 0) is 19.1 Å². The van der Waals surface area contributed by atoms with Crippen LogP contribution in [0, 0.1) is 12.7 Å². The van der Waals surface area contributed by atoms with Crippen LogP contribution in [-0.2, 0) is 4.79 Å². The minimum Gasteiger partial charge on any atom is -0.480 e. The molecule has 1 aromatic carbocycles. The van der Waals surface area contributed by atoms with Crippen LogP contribution in [0.4, 0.5) is 14.9 Å². The van der Waals surface area contributed by atoms with Gasteiger partial charge in [-0.15, -0.1) is 0 Å². The van der Waals surface area contributed by atoms with E-state index < -0.39 is 23.9 Å². The number of carbonyl (C=O) groups is 2. The predicted octanol–water partition coefficient (Wildman–Crippen LogP) is 1.09. The number of benzene rings is 1. The number of carbonyl (C=O) groups excluding carboxylic acids is 1. The van der Waals surface area contributed by atoms with Gasteiger partial charge in [0.15, 0.2) is 0 Å². The molecule has 0 aliphatic heterocycles. The summed E-state index contributed by atoms with van der Waals surface area (Å²) in [6, 6.07) is 2.22. The smallest absolute Gasteiger partial charge is 0.326 e. The second-order valence-electron chi connectivity index (χ2n) is 3.91. The maximum Gasteiger partial charge on any atom is 0.326 e. The standard InChI is InChI=1S/C12H15FN2O4/c1-7-8(13)3-2-4-9(7)14-12(19)15-10(5-6-16)11(17)18/h2-4,10,16H,5-6H2,1H3,(H,17,18)(H2,14,15,19)/t10-/m0/s1. The van der Waals surface area contributed by atoms with Crippen molar-refractivity contribution in [1.29, 1.82) is 0 Å². The molecule has 0 spiro atoms. The first kappa shape index (κ1) is 14.9. The Morgan fingerprint density at radius 2 is 2.11 bits per heavy atom. The van der Waals surface area contributed by atoms with Gasteiger partial charge in [0.25, 0.3) is 0 Å². The number of rotatable bonds is 5. The molecule has 104 valence electrons. The lowest BCUT2D eigenvalue weighted by Crippen LogP contribution is -2.43. The molecule has 1 rings (SSSR count). The average molecular weight is 270 g/mol. The molecular weight excluding hydrogens is 255 g/mol. The van der Waals surface area contributed by atoms with E-state index in [9.17, 15) is 14.0 Å². The lowest BCUT2D eigenvalue weighted by molar-refractivity contribution is -0.139. The summed E-state index contributed by atoms with van der Waals surface area (Å²) in [5.41, 5.74) is 0.511. The van der Waals surface area contributed by atoms with E-state index in [1.807, 2.05) is 0 Å². The lowest BCUT2D eigenvalue weighted by Gasteiger charge is -2.15. The van der Waals surface area contributed by atoms with Gasteiger partial charge >= 0.3 is 12.0 Å². The number of anilines is 1. The molecule has 0 saturated heterocycles. The van der Waals surface area contributed by atoms with Crippen LogP contribution in [0.15, 0.2) is 18.2 Å². The Bertz CT molecular complexity index is 479. The minimum atomic E-state index is -1.25. The van der Waals surface area contributed by atoms with E-state index in [-0.39, 0.29) is 24.3 Å². The highest BCUT2D eigenvalue weighted by molar-refractivity contribution is 5.92. The van der Waals surface area contributed by atoms with Crippen LogP contribution in [0.5, 0.6) is 0 Å². The van der Waals surface area contributed by atoms with Gasteiger partial charge in [-0.3, -0.25) is 0 Å². The summed E-state index contributed by atoms with van der Waals surface area (Å²) < 4.78 is 13.2. The molecule has 6 nitrogen and oxygen atoms in total. The number of aliphatic hydroxyl groups is 1. The summed E-state index contributed by atoms with van der Waals surface area (Å²) in [7, 11) is 0. The Hall–Kier alpha value is -2.15. The van der Waals surface area contributed by atoms with E-state index in [4.69, 9.17) is 10.2 Å². The van der Waals surface area contributed by atoms with Crippen molar-refractivity contribution in [3.05, 3.63) is 29.6 Å². The molecule has 4 N–H and O–H groups in total. The Balaban J connectivity index is 2.69. The molecule has 0 unspecified atom stereocenters. The number of hydrogen-bond acceptors (Lipinski definition) is 3. The second kappa shape index (κ2) is 6.69. The number of halogens is 1. The second-order valence-corrected chi connectivity index (χ2v) is 3.91. The molecular formula is C12H15FN2O4. The number of urea groups is 1. The zero-order valence-corrected chi connectivity index (χ0v) is 10.3. The maximum absolute atomic E-state index is 13.2. The third-order valence-corrected chi connectivity index (χ3v) is 2.54. The molecule has 0 aliphatic rings. The van der Waals surface area contributed by atoms with Crippen LogP contribution in [-0.4, -0.2) is 34.9 Å². The molecule has 0 saturated carbocycles. The number of nitrogens with one attached hydrogen (secondary N) is 2. The van der Waals surface area contributed by atoms with E-state index in [0.717, 1.165) is 0 Å². The minimum absolute atomic E-state index is 0.106. The van der Waals surface area contributed by atoms with Crippen LogP contribution in [0.2, 0.25) is 0 Å². The van der Waals surface area contributed by atoms with E-state index in [2.05, 4.69) is 10.6 Å². The fourth-order valence-corrected chi connectivity index (χ4v) is 1.45. The van der Waals surface area contributed by atoms with Crippen molar-refractivity contribution in [2.24, 2.45) is 0 Å². The van der Waals surface area contributed by atoms with Crippen molar-refractivity contribution in [2.45, 2.75) is 19.4 Å². The highest BCUT2D eigenvalue weighted by Gasteiger charge is 2.19. The molecule has 0 fully saturated rings. The monoisotopic (exact) mass is 270 g/mol. The third kappa shape index (κ3) is 4.22. The van der Waals surface area contributed by atoms with Crippen molar-refractivity contribution < 1.29 is 24.2 Å². The van der Waals surface area contributed by atoms with Gasteiger partial charge in [-0.1, -0.05) is 6.07 Å². The first-order chi connectivity index (χ1) is 8.95. The molecule has 1 aromatic rings. The Morgan fingerprint density at radius 1 is 1.42 bits per heavy atom. The van der Waals surface area contributed by atoms with E-state index in [0.29, 0.717) is 0 Å². The number of carboxylic acids is 1. The van der Waals surface area contributed by atoms with E-state index in [1.165, 1.54) is 25.1 Å². The summed E-state index contributed by atoms with van der Waals surface area (Å²) in [5.74, 6) is -1.72. The molecule has 0 aliphatic carbocycles. The van der Waals surface area contributed by atoms with Crippen molar-refractivity contribution in [3.8, 4) is 0 Å². The fraction of sp³-hybridized carbons (Fsp3) is 0.333. The van der Waals surface area contributed by atoms with Crippen molar-refractivity contribution in [2.75, 3.05) is 11.9 Å². The van der Waals surface area contributed by atoms with Crippen molar-refractivity contribution >= 4 is 17.7 Å². The predicted molar refractivity (Wildman–Crippen MR) is 66.4 cm³/mol. The molecule has 7 heteroatoms. The zero-order chi connectivity index (χ0) is 14.4. The van der Waals surface area contributed by atoms with Gasteiger partial charge in [0.2, 0.25) is 0 Å². The van der Waals surface area contributed by atoms with E-state index >= 15 is 0 Å². The first-order valence-electron chi connectivity index (χ1n) is 5.62. The molecule has 19 heavy (non-hydrogen) atoms. The maximum atomic E-state index is 13.2. The van der Waals surface area contributed by atoms with Gasteiger partial charge in [0.1, 0.15) is 11.9 Å². The molecule has 0 radical (unpaired) electrons. The van der Waals surface area contributed by atoms with Crippen LogP contribution in [0.3, 0.4) is 0 Å². The van der Waals surface area contributed by atoms with Crippen molar-refractivity contribution in [1.82, 2.24) is 5.32 Å². The Morgan fingerprint density at radius 3 is 2.68 bits per heavy atom. The summed E-state index contributed by atoms with van der Waals surface area (Å²) >= 11 is 0. The number of aliphatic hydroxyl groups excluding tert-OH is 1. The van der Waals surface area contributed by atoms with Gasteiger partial charge in [0, 0.05) is 24.3 Å². The molecule has 0 bridgehead atoms. The summed E-state index contributed by atoms with van der Waals surface area (Å²) in [5, 5.41) is 22.0. The normalized spacial score (nSPS) is 11.7. The fourth-order valence-electron chi connectivity index (χ4n) is 1.45. The summed E-state index contributed by atoms with van der Waals surface area (Å²) in [4.78, 5) is 22.4. The van der Waals surface area contributed by atoms with Gasteiger partial charge in [-0.25, -0.2) is 14.0 Å². The third-order valence-electron chi connectivity index (χ3n) is 2.54. The van der Waals surface area contributed by atoms with Crippen LogP contribution >= 0.6 is 0 Å². The van der Waals surface area contributed by atoms with Crippen LogP contribution in [0.25, 0.3) is 0 Å². The highest BCUT2D eigenvalue weighted by Crippen LogP contribution is 2.17. The van der Waals surface area contributed by atoms with Crippen molar-refractivity contribution in [3.63, 3.8) is 0 Å². The topological polar surface area (TPSA) is 98.7 Å². The lowest BCUT2D eigenvalue weighted by atomic mass is 10.2.